The molecule has 0 saturated carbocycles. The first kappa shape index (κ1) is 9.18. The van der Waals surface area contributed by atoms with Gasteiger partial charge in [0.2, 0.25) is 0 Å². The Balaban J connectivity index is 2.89. The standard InChI is InChI=1S/C8H6INO2/c9-8-6(2-1-5-10-8)3-4-7(11)12/h1-5H,(H,11,12)/b4-3+. The van der Waals surface area contributed by atoms with E-state index >= 15 is 0 Å². The summed E-state index contributed by atoms with van der Waals surface area (Å²) in [4.78, 5) is 14.2. The van der Waals surface area contributed by atoms with E-state index in [-0.39, 0.29) is 0 Å². The number of pyridine rings is 1. The maximum atomic E-state index is 10.2. The van der Waals surface area contributed by atoms with Crippen molar-refractivity contribution >= 4 is 34.6 Å². The second kappa shape index (κ2) is 4.20. The van der Waals surface area contributed by atoms with Crippen LogP contribution in [0.5, 0.6) is 0 Å². The highest BCUT2D eigenvalue weighted by Crippen LogP contribution is 2.09. The fourth-order valence-electron chi connectivity index (χ4n) is 0.684. The van der Waals surface area contributed by atoms with Crippen LogP contribution in [-0.2, 0) is 4.79 Å². The van der Waals surface area contributed by atoms with E-state index in [9.17, 15) is 4.79 Å². The predicted octanol–water partition coefficient (Wildman–Crippen LogP) is 1.78. The Morgan fingerprint density at radius 3 is 3.00 bits per heavy atom. The minimum Gasteiger partial charge on any atom is -0.478 e. The highest BCUT2D eigenvalue weighted by atomic mass is 127. The van der Waals surface area contributed by atoms with Crippen LogP contribution in [0.2, 0.25) is 0 Å². The molecule has 0 aromatic carbocycles. The molecule has 12 heavy (non-hydrogen) atoms. The quantitative estimate of drug-likeness (QED) is 0.508. The Labute approximate surface area is 83.3 Å². The summed E-state index contributed by atoms with van der Waals surface area (Å²) in [5.74, 6) is -0.949. The first-order valence-corrected chi connectivity index (χ1v) is 4.29. The zero-order valence-electron chi connectivity index (χ0n) is 6.07. The Kier molecular flexibility index (Phi) is 3.21. The number of carboxylic acids is 1. The molecule has 0 aliphatic rings. The molecular weight excluding hydrogens is 269 g/mol. The normalized spacial score (nSPS) is 10.4. The Morgan fingerprint density at radius 1 is 1.67 bits per heavy atom. The van der Waals surface area contributed by atoms with Gasteiger partial charge in [0.05, 0.1) is 0 Å². The molecule has 62 valence electrons. The fourth-order valence-corrected chi connectivity index (χ4v) is 1.20. The highest BCUT2D eigenvalue weighted by molar-refractivity contribution is 14.1. The Hall–Kier alpha value is -0.910. The van der Waals surface area contributed by atoms with Gasteiger partial charge in [-0.1, -0.05) is 6.07 Å². The number of rotatable bonds is 2. The summed E-state index contributed by atoms with van der Waals surface area (Å²) in [6.07, 6.45) is 4.29. The van der Waals surface area contributed by atoms with Crippen LogP contribution < -0.4 is 0 Å². The smallest absolute Gasteiger partial charge is 0.328 e. The monoisotopic (exact) mass is 275 g/mol. The number of halogens is 1. The van der Waals surface area contributed by atoms with E-state index in [2.05, 4.69) is 27.6 Å². The summed E-state index contributed by atoms with van der Waals surface area (Å²) >= 11 is 2.05. The number of aliphatic carboxylic acids is 1. The number of hydrogen-bond acceptors (Lipinski definition) is 2. The van der Waals surface area contributed by atoms with Crippen molar-refractivity contribution in [3.05, 3.63) is 33.7 Å². The maximum absolute atomic E-state index is 10.2. The molecule has 0 saturated heterocycles. The van der Waals surface area contributed by atoms with E-state index in [1.54, 1.807) is 12.3 Å². The molecule has 1 N–H and O–H groups in total. The SMILES string of the molecule is O=C(O)/C=C/c1cccnc1I. The largest absolute Gasteiger partial charge is 0.478 e. The molecule has 0 aliphatic carbocycles. The van der Waals surface area contributed by atoms with E-state index < -0.39 is 5.97 Å². The van der Waals surface area contributed by atoms with E-state index in [1.807, 2.05) is 6.07 Å². The van der Waals surface area contributed by atoms with Crippen LogP contribution in [0.15, 0.2) is 24.4 Å². The molecule has 0 amide bonds. The van der Waals surface area contributed by atoms with Crippen molar-refractivity contribution in [3.63, 3.8) is 0 Å². The Bertz CT molecular complexity index is 323. The van der Waals surface area contributed by atoms with Crippen molar-refractivity contribution in [3.8, 4) is 0 Å². The number of hydrogen-bond donors (Lipinski definition) is 1. The van der Waals surface area contributed by atoms with Crippen molar-refractivity contribution in [2.75, 3.05) is 0 Å². The number of aromatic nitrogens is 1. The summed E-state index contributed by atoms with van der Waals surface area (Å²) in [6, 6.07) is 3.58. The molecular formula is C8H6INO2. The predicted molar refractivity (Wildman–Crippen MR) is 53.6 cm³/mol. The van der Waals surface area contributed by atoms with Crippen molar-refractivity contribution in [1.29, 1.82) is 0 Å². The average Bonchev–Trinajstić information content (AvgIpc) is 2.03. The second-order valence-electron chi connectivity index (χ2n) is 2.06. The topological polar surface area (TPSA) is 50.2 Å². The van der Waals surface area contributed by atoms with Gasteiger partial charge in [0.1, 0.15) is 3.70 Å². The van der Waals surface area contributed by atoms with Crippen LogP contribution in [0.3, 0.4) is 0 Å². The van der Waals surface area contributed by atoms with Crippen molar-refractivity contribution < 1.29 is 9.90 Å². The summed E-state index contributed by atoms with van der Waals surface area (Å²) in [5.41, 5.74) is 0.820. The van der Waals surface area contributed by atoms with Crippen LogP contribution >= 0.6 is 22.6 Å². The fraction of sp³-hybridized carbons (Fsp3) is 0. The van der Waals surface area contributed by atoms with E-state index in [0.29, 0.717) is 0 Å². The van der Waals surface area contributed by atoms with Gasteiger partial charge in [-0.25, -0.2) is 9.78 Å². The number of nitrogens with zero attached hydrogens (tertiary/aromatic N) is 1. The average molecular weight is 275 g/mol. The van der Waals surface area contributed by atoms with Gasteiger partial charge in [0, 0.05) is 17.8 Å². The maximum Gasteiger partial charge on any atom is 0.328 e. The van der Waals surface area contributed by atoms with Gasteiger partial charge in [-0.15, -0.1) is 0 Å². The zero-order chi connectivity index (χ0) is 8.97. The second-order valence-corrected chi connectivity index (χ2v) is 3.08. The molecule has 1 heterocycles. The van der Waals surface area contributed by atoms with Crippen LogP contribution in [0.4, 0.5) is 0 Å². The van der Waals surface area contributed by atoms with Crippen molar-refractivity contribution in [1.82, 2.24) is 4.98 Å². The third kappa shape index (κ3) is 2.61. The summed E-state index contributed by atoms with van der Waals surface area (Å²) in [6.45, 7) is 0. The molecule has 3 nitrogen and oxygen atoms in total. The molecule has 0 atom stereocenters. The minimum absolute atomic E-state index is 0.799. The molecule has 0 radical (unpaired) electrons. The molecule has 0 unspecified atom stereocenters. The van der Waals surface area contributed by atoms with E-state index in [0.717, 1.165) is 15.3 Å². The first-order valence-electron chi connectivity index (χ1n) is 3.21. The molecule has 1 aromatic heterocycles. The third-order valence-electron chi connectivity index (χ3n) is 1.19. The van der Waals surface area contributed by atoms with Gasteiger partial charge < -0.3 is 5.11 Å². The summed E-state index contributed by atoms with van der Waals surface area (Å²) < 4.78 is 0.799. The molecule has 1 aromatic rings. The molecule has 0 bridgehead atoms. The molecule has 0 aliphatic heterocycles. The lowest BCUT2D eigenvalue weighted by Gasteiger charge is -1.93. The molecule has 0 spiro atoms. The van der Waals surface area contributed by atoms with Gasteiger partial charge in [-0.3, -0.25) is 0 Å². The minimum atomic E-state index is -0.949. The van der Waals surface area contributed by atoms with Crippen LogP contribution in [0.25, 0.3) is 6.08 Å². The van der Waals surface area contributed by atoms with Gasteiger partial charge in [-0.05, 0) is 34.7 Å². The van der Waals surface area contributed by atoms with Gasteiger partial charge in [0.25, 0.3) is 0 Å². The van der Waals surface area contributed by atoms with E-state index in [4.69, 9.17) is 5.11 Å². The lowest BCUT2D eigenvalue weighted by Crippen LogP contribution is -1.88. The van der Waals surface area contributed by atoms with Crippen LogP contribution in [-0.4, -0.2) is 16.1 Å². The lowest BCUT2D eigenvalue weighted by atomic mass is 10.2. The summed E-state index contributed by atoms with van der Waals surface area (Å²) in [7, 11) is 0. The molecule has 1 rings (SSSR count). The third-order valence-corrected chi connectivity index (χ3v) is 2.09. The molecule has 4 heteroatoms. The van der Waals surface area contributed by atoms with Crippen LogP contribution in [0.1, 0.15) is 5.56 Å². The van der Waals surface area contributed by atoms with Crippen molar-refractivity contribution in [2.24, 2.45) is 0 Å². The Morgan fingerprint density at radius 2 is 2.42 bits per heavy atom. The lowest BCUT2D eigenvalue weighted by molar-refractivity contribution is -0.131. The summed E-state index contributed by atoms with van der Waals surface area (Å²) in [5, 5.41) is 8.36. The van der Waals surface area contributed by atoms with Gasteiger partial charge in [-0.2, -0.15) is 0 Å². The zero-order valence-corrected chi connectivity index (χ0v) is 8.22. The molecule has 0 fully saturated rings. The van der Waals surface area contributed by atoms with E-state index in [1.165, 1.54) is 6.08 Å². The number of carboxylic acid groups (broad SMARTS) is 1. The highest BCUT2D eigenvalue weighted by Gasteiger charge is 1.94. The van der Waals surface area contributed by atoms with Crippen molar-refractivity contribution in [2.45, 2.75) is 0 Å². The number of carbonyl (C=O) groups is 1. The first-order chi connectivity index (χ1) is 5.70. The van der Waals surface area contributed by atoms with Gasteiger partial charge >= 0.3 is 5.97 Å². The van der Waals surface area contributed by atoms with Gasteiger partial charge in [0.15, 0.2) is 0 Å². The van der Waals surface area contributed by atoms with Crippen LogP contribution in [0, 0.1) is 3.70 Å².